The molecule has 104 valence electrons. The van der Waals surface area contributed by atoms with Gasteiger partial charge in [-0.3, -0.25) is 19.6 Å². The van der Waals surface area contributed by atoms with Crippen LogP contribution in [-0.2, 0) is 6.54 Å². The van der Waals surface area contributed by atoms with Crippen LogP contribution in [0.25, 0.3) is 0 Å². The van der Waals surface area contributed by atoms with Crippen LogP contribution in [0.1, 0.15) is 27.3 Å². The molecule has 20 heavy (non-hydrogen) atoms. The Morgan fingerprint density at radius 1 is 1.25 bits per heavy atom. The highest BCUT2D eigenvalue weighted by atomic mass is 16.6. The van der Waals surface area contributed by atoms with Gasteiger partial charge in [-0.15, -0.1) is 0 Å². The van der Waals surface area contributed by atoms with E-state index in [1.165, 1.54) is 24.3 Å². The number of nitrogens with zero attached hydrogens (tertiary/aromatic N) is 3. The smallest absolute Gasteiger partial charge is 0.269 e. The van der Waals surface area contributed by atoms with Crippen molar-refractivity contribution >= 4 is 11.5 Å². The van der Waals surface area contributed by atoms with Gasteiger partial charge in [-0.2, -0.15) is 5.10 Å². The Bertz CT molecular complexity index is 672. The third-order valence-electron chi connectivity index (χ3n) is 3.44. The minimum atomic E-state index is -0.487. The average molecular weight is 273 g/mol. The van der Waals surface area contributed by atoms with Crippen molar-refractivity contribution in [2.45, 2.75) is 27.3 Å². The minimum Gasteiger partial charge on any atom is -0.292 e. The zero-order valence-corrected chi connectivity index (χ0v) is 11.6. The predicted octanol–water partition coefficient (Wildman–Crippen LogP) is 2.60. The van der Waals surface area contributed by atoms with Crippen LogP contribution < -0.4 is 0 Å². The van der Waals surface area contributed by atoms with Crippen LogP contribution in [0.3, 0.4) is 0 Å². The molecule has 0 N–H and O–H groups in total. The second-order valence-electron chi connectivity index (χ2n) is 4.68. The number of nitro groups is 1. The summed E-state index contributed by atoms with van der Waals surface area (Å²) in [5.74, 6) is -0.120. The van der Waals surface area contributed by atoms with E-state index in [1.807, 2.05) is 20.8 Å². The van der Waals surface area contributed by atoms with E-state index in [-0.39, 0.29) is 18.0 Å². The van der Waals surface area contributed by atoms with Crippen LogP contribution in [0, 0.1) is 30.9 Å². The molecule has 6 nitrogen and oxygen atoms in total. The summed E-state index contributed by atoms with van der Waals surface area (Å²) in [6.07, 6.45) is 0. The van der Waals surface area contributed by atoms with Gasteiger partial charge >= 0.3 is 0 Å². The van der Waals surface area contributed by atoms with Crippen LogP contribution in [-0.4, -0.2) is 20.5 Å². The van der Waals surface area contributed by atoms with E-state index in [9.17, 15) is 14.9 Å². The first-order valence-electron chi connectivity index (χ1n) is 6.18. The second kappa shape index (κ2) is 5.24. The van der Waals surface area contributed by atoms with Crippen molar-refractivity contribution in [3.63, 3.8) is 0 Å². The summed E-state index contributed by atoms with van der Waals surface area (Å²) in [5, 5.41) is 14.9. The molecule has 0 aliphatic carbocycles. The van der Waals surface area contributed by atoms with E-state index < -0.39 is 4.92 Å². The Morgan fingerprint density at radius 2 is 1.85 bits per heavy atom. The summed E-state index contributed by atoms with van der Waals surface area (Å²) in [6.45, 7) is 5.91. The van der Waals surface area contributed by atoms with Gasteiger partial charge in [-0.25, -0.2) is 0 Å². The third kappa shape index (κ3) is 2.59. The molecule has 0 aliphatic heterocycles. The summed E-state index contributed by atoms with van der Waals surface area (Å²) < 4.78 is 1.66. The maximum Gasteiger partial charge on any atom is 0.269 e. The Kier molecular flexibility index (Phi) is 3.65. The molecule has 1 aromatic carbocycles. The van der Waals surface area contributed by atoms with Crippen LogP contribution in [0.2, 0.25) is 0 Å². The van der Waals surface area contributed by atoms with Crippen molar-refractivity contribution < 1.29 is 9.72 Å². The van der Waals surface area contributed by atoms with Crippen molar-refractivity contribution in [3.8, 4) is 0 Å². The molecule has 0 saturated heterocycles. The molecular formula is C14H15N3O3. The summed E-state index contributed by atoms with van der Waals surface area (Å²) in [4.78, 5) is 22.2. The van der Waals surface area contributed by atoms with Crippen molar-refractivity contribution in [1.82, 2.24) is 9.78 Å². The second-order valence-corrected chi connectivity index (χ2v) is 4.68. The van der Waals surface area contributed by atoms with Gasteiger partial charge in [0, 0.05) is 23.4 Å². The molecule has 0 spiro atoms. The number of nitro benzene ring substituents is 1. The number of rotatable bonds is 4. The fraction of sp³-hybridized carbons (Fsp3) is 0.286. The number of aryl methyl sites for hydroxylation is 1. The third-order valence-corrected chi connectivity index (χ3v) is 3.44. The highest BCUT2D eigenvalue weighted by molar-refractivity contribution is 5.96. The van der Waals surface area contributed by atoms with E-state index in [1.54, 1.807) is 4.68 Å². The van der Waals surface area contributed by atoms with Crippen molar-refractivity contribution in [3.05, 3.63) is 56.9 Å². The quantitative estimate of drug-likeness (QED) is 0.487. The zero-order chi connectivity index (χ0) is 14.9. The largest absolute Gasteiger partial charge is 0.292 e. The molecule has 6 heteroatoms. The van der Waals surface area contributed by atoms with Gasteiger partial charge in [0.1, 0.15) is 6.54 Å². The Labute approximate surface area is 116 Å². The molecule has 1 aromatic heterocycles. The predicted molar refractivity (Wildman–Crippen MR) is 73.9 cm³/mol. The first-order valence-corrected chi connectivity index (χ1v) is 6.18. The van der Waals surface area contributed by atoms with E-state index in [4.69, 9.17) is 0 Å². The van der Waals surface area contributed by atoms with Crippen LogP contribution >= 0.6 is 0 Å². The van der Waals surface area contributed by atoms with Gasteiger partial charge in [0.05, 0.1) is 10.6 Å². The van der Waals surface area contributed by atoms with Crippen LogP contribution in [0.15, 0.2) is 24.3 Å². The lowest BCUT2D eigenvalue weighted by Crippen LogP contribution is -2.13. The topological polar surface area (TPSA) is 78.0 Å². The van der Waals surface area contributed by atoms with Gasteiger partial charge < -0.3 is 0 Å². The molecule has 2 rings (SSSR count). The number of non-ortho nitro benzene ring substituents is 1. The highest BCUT2D eigenvalue weighted by Gasteiger charge is 2.13. The van der Waals surface area contributed by atoms with E-state index in [0.717, 1.165) is 17.0 Å². The van der Waals surface area contributed by atoms with Crippen molar-refractivity contribution in [2.24, 2.45) is 0 Å². The number of hydrogen-bond acceptors (Lipinski definition) is 4. The molecule has 0 radical (unpaired) electrons. The molecule has 1 heterocycles. The lowest BCUT2D eigenvalue weighted by atomic mass is 10.1. The fourth-order valence-corrected chi connectivity index (χ4v) is 1.94. The first kappa shape index (κ1) is 13.9. The molecule has 0 saturated carbocycles. The van der Waals surface area contributed by atoms with E-state index in [2.05, 4.69) is 5.10 Å². The molecule has 0 aliphatic rings. The maximum atomic E-state index is 12.1. The monoisotopic (exact) mass is 273 g/mol. The number of carbonyl (C=O) groups excluding carboxylic acids is 1. The zero-order valence-electron chi connectivity index (χ0n) is 11.6. The highest BCUT2D eigenvalue weighted by Crippen LogP contribution is 2.15. The molecule has 0 fully saturated rings. The number of Topliss-reactive ketones (excluding diaryl/α,β-unsaturated/α-hetero) is 1. The van der Waals surface area contributed by atoms with Crippen molar-refractivity contribution in [2.75, 3.05) is 0 Å². The van der Waals surface area contributed by atoms with Crippen LogP contribution in [0.4, 0.5) is 5.69 Å². The fourth-order valence-electron chi connectivity index (χ4n) is 1.94. The number of benzene rings is 1. The maximum absolute atomic E-state index is 12.1. The van der Waals surface area contributed by atoms with Gasteiger partial charge in [-0.1, -0.05) is 0 Å². The standard InChI is InChI=1S/C14H15N3O3/c1-9-10(2)15-16(11(9)3)8-14(18)12-4-6-13(7-5-12)17(19)20/h4-7H,8H2,1-3H3. The van der Waals surface area contributed by atoms with Gasteiger partial charge in [0.15, 0.2) is 5.78 Å². The SMILES string of the molecule is Cc1nn(CC(=O)c2ccc([N+](=O)[O-])cc2)c(C)c1C. The molecule has 2 aromatic rings. The van der Waals surface area contributed by atoms with E-state index in [0.29, 0.717) is 5.56 Å². The van der Waals surface area contributed by atoms with Gasteiger partial charge in [0.25, 0.3) is 5.69 Å². The Balaban J connectivity index is 2.19. The molecule has 0 unspecified atom stereocenters. The minimum absolute atomic E-state index is 0.0245. The first-order chi connectivity index (χ1) is 9.40. The molecule has 0 atom stereocenters. The molecular weight excluding hydrogens is 258 g/mol. The number of ketones is 1. The lowest BCUT2D eigenvalue weighted by molar-refractivity contribution is -0.384. The summed E-state index contributed by atoms with van der Waals surface area (Å²) in [7, 11) is 0. The average Bonchev–Trinajstić information content (AvgIpc) is 2.66. The number of aromatic nitrogens is 2. The normalized spacial score (nSPS) is 10.6. The van der Waals surface area contributed by atoms with Crippen molar-refractivity contribution in [1.29, 1.82) is 0 Å². The van der Waals surface area contributed by atoms with Gasteiger partial charge in [0.2, 0.25) is 0 Å². The van der Waals surface area contributed by atoms with E-state index >= 15 is 0 Å². The summed E-state index contributed by atoms with van der Waals surface area (Å²) in [6, 6.07) is 5.61. The van der Waals surface area contributed by atoms with Crippen LogP contribution in [0.5, 0.6) is 0 Å². The lowest BCUT2D eigenvalue weighted by Gasteiger charge is -2.04. The summed E-state index contributed by atoms with van der Waals surface area (Å²) in [5.41, 5.74) is 3.35. The number of hydrogen-bond donors (Lipinski definition) is 0. The number of carbonyl (C=O) groups is 1. The Hall–Kier alpha value is -2.50. The molecule has 0 bridgehead atoms. The molecule has 0 amide bonds. The van der Waals surface area contributed by atoms with Gasteiger partial charge in [-0.05, 0) is 38.5 Å². The Morgan fingerprint density at radius 3 is 2.30 bits per heavy atom. The summed E-state index contributed by atoms with van der Waals surface area (Å²) >= 11 is 0.